The summed E-state index contributed by atoms with van der Waals surface area (Å²) in [7, 11) is 0. The van der Waals surface area contributed by atoms with Crippen molar-refractivity contribution in [2.45, 2.75) is 0 Å². The number of benzene rings is 1. The van der Waals surface area contributed by atoms with Crippen LogP contribution in [0.4, 0.5) is 14.7 Å². The second-order valence-electron chi connectivity index (χ2n) is 3.77. The fourth-order valence-corrected chi connectivity index (χ4v) is 1.83. The Morgan fingerprint density at radius 1 is 1.11 bits per heavy atom. The van der Waals surface area contributed by atoms with Crippen molar-refractivity contribution in [3.63, 3.8) is 0 Å². The predicted molar refractivity (Wildman–Crippen MR) is 62.8 cm³/mol. The molecule has 6 heteroatoms. The molecule has 90 valence electrons. The van der Waals surface area contributed by atoms with E-state index in [2.05, 4.69) is 10.1 Å². The summed E-state index contributed by atoms with van der Waals surface area (Å²) in [5.41, 5.74) is 6.17. The first kappa shape index (κ1) is 10.6. The Hall–Kier alpha value is -2.50. The number of aromatic nitrogens is 3. The molecule has 2 aromatic heterocycles. The van der Waals surface area contributed by atoms with Crippen LogP contribution in [0.25, 0.3) is 16.8 Å². The van der Waals surface area contributed by atoms with Crippen LogP contribution in [0.1, 0.15) is 0 Å². The molecule has 0 aliphatic heterocycles. The van der Waals surface area contributed by atoms with Gasteiger partial charge in [0.1, 0.15) is 11.3 Å². The highest BCUT2D eigenvalue weighted by molar-refractivity contribution is 5.67. The molecule has 0 saturated carbocycles. The van der Waals surface area contributed by atoms with E-state index in [9.17, 15) is 8.78 Å². The fraction of sp³-hybridized carbons (Fsp3) is 0. The molecule has 18 heavy (non-hydrogen) atoms. The molecular weight excluding hydrogens is 238 g/mol. The van der Waals surface area contributed by atoms with Gasteiger partial charge in [0.05, 0.1) is 11.9 Å². The number of anilines is 1. The van der Waals surface area contributed by atoms with Crippen molar-refractivity contribution in [1.29, 1.82) is 0 Å². The Morgan fingerprint density at radius 3 is 2.67 bits per heavy atom. The summed E-state index contributed by atoms with van der Waals surface area (Å²) in [6, 6.07) is 7.29. The maximum atomic E-state index is 13.7. The lowest BCUT2D eigenvalue weighted by Crippen LogP contribution is -2.02. The number of fused-ring (bicyclic) bond motifs is 1. The maximum Gasteiger partial charge on any atom is 0.238 e. The van der Waals surface area contributed by atoms with Gasteiger partial charge >= 0.3 is 0 Å². The highest BCUT2D eigenvalue weighted by Gasteiger charge is 2.14. The van der Waals surface area contributed by atoms with Crippen molar-refractivity contribution < 1.29 is 8.78 Å². The van der Waals surface area contributed by atoms with E-state index in [1.54, 1.807) is 18.2 Å². The lowest BCUT2D eigenvalue weighted by molar-refractivity contribution is 0.630. The molecular formula is C12H8F2N4. The molecule has 2 heterocycles. The van der Waals surface area contributed by atoms with Crippen molar-refractivity contribution in [2.24, 2.45) is 0 Å². The second-order valence-corrected chi connectivity index (χ2v) is 3.77. The number of hydrogen-bond acceptors (Lipinski definition) is 3. The average molecular weight is 246 g/mol. The molecule has 4 nitrogen and oxygen atoms in total. The van der Waals surface area contributed by atoms with Gasteiger partial charge in [-0.2, -0.15) is 0 Å². The van der Waals surface area contributed by atoms with E-state index < -0.39 is 11.6 Å². The number of nitrogens with zero attached hydrogens (tertiary/aromatic N) is 3. The third-order valence-electron chi connectivity index (χ3n) is 2.64. The minimum Gasteiger partial charge on any atom is -0.367 e. The van der Waals surface area contributed by atoms with Gasteiger partial charge in [0.15, 0.2) is 5.82 Å². The summed E-state index contributed by atoms with van der Waals surface area (Å²) >= 11 is 0. The summed E-state index contributed by atoms with van der Waals surface area (Å²) in [4.78, 5) is 3.71. The largest absolute Gasteiger partial charge is 0.367 e. The van der Waals surface area contributed by atoms with E-state index in [0.29, 0.717) is 5.69 Å². The molecule has 0 bridgehead atoms. The van der Waals surface area contributed by atoms with E-state index in [1.165, 1.54) is 22.8 Å². The van der Waals surface area contributed by atoms with E-state index in [-0.39, 0.29) is 17.0 Å². The van der Waals surface area contributed by atoms with Gasteiger partial charge in [-0.1, -0.05) is 12.1 Å². The lowest BCUT2D eigenvalue weighted by atomic mass is 10.1. The van der Waals surface area contributed by atoms with Gasteiger partial charge in [0.25, 0.3) is 0 Å². The fourth-order valence-electron chi connectivity index (χ4n) is 1.83. The molecule has 0 fully saturated rings. The van der Waals surface area contributed by atoms with E-state index in [4.69, 9.17) is 5.73 Å². The molecule has 3 aromatic rings. The molecule has 0 saturated heterocycles. The molecule has 0 spiro atoms. The molecule has 1 aromatic carbocycles. The molecule has 0 unspecified atom stereocenters. The van der Waals surface area contributed by atoms with Crippen LogP contribution in [0, 0.1) is 11.6 Å². The number of hydrogen-bond donors (Lipinski definition) is 1. The smallest absolute Gasteiger partial charge is 0.238 e. The van der Waals surface area contributed by atoms with Gasteiger partial charge in [-0.3, -0.25) is 0 Å². The van der Waals surface area contributed by atoms with Crippen molar-refractivity contribution in [3.05, 3.63) is 48.2 Å². The molecule has 0 amide bonds. The third-order valence-corrected chi connectivity index (χ3v) is 2.64. The predicted octanol–water partition coefficient (Wildman–Crippen LogP) is 2.26. The number of nitrogen functional groups attached to an aromatic ring is 1. The molecule has 2 N–H and O–H groups in total. The topological polar surface area (TPSA) is 56.2 Å². The van der Waals surface area contributed by atoms with Crippen LogP contribution in [0.15, 0.2) is 36.5 Å². The SMILES string of the molecule is Nc1ncc2c(F)cc(-c3ccccc3F)n2n1. The van der Waals surface area contributed by atoms with Gasteiger partial charge < -0.3 is 5.73 Å². The standard InChI is InChI=1S/C12H8F2N4/c13-8-4-2-1-3-7(8)10-5-9(14)11-6-16-12(15)17-18(10)11/h1-6H,(H2,15,17). The van der Waals surface area contributed by atoms with Gasteiger partial charge in [0, 0.05) is 11.6 Å². The van der Waals surface area contributed by atoms with Gasteiger partial charge in [-0.25, -0.2) is 18.3 Å². The highest BCUT2D eigenvalue weighted by atomic mass is 19.1. The number of rotatable bonds is 1. The Kier molecular flexibility index (Phi) is 2.22. The number of nitrogens with two attached hydrogens (primary N) is 1. The van der Waals surface area contributed by atoms with Crippen LogP contribution in [0.3, 0.4) is 0 Å². The average Bonchev–Trinajstić information content (AvgIpc) is 2.67. The molecule has 0 aliphatic rings. The summed E-state index contributed by atoms with van der Waals surface area (Å²) in [6.45, 7) is 0. The zero-order valence-electron chi connectivity index (χ0n) is 9.14. The molecule has 0 radical (unpaired) electrons. The van der Waals surface area contributed by atoms with Crippen LogP contribution in [-0.2, 0) is 0 Å². The quantitative estimate of drug-likeness (QED) is 0.716. The molecule has 3 rings (SSSR count). The summed E-state index contributed by atoms with van der Waals surface area (Å²) in [5, 5.41) is 3.89. The molecule has 0 aliphatic carbocycles. The third kappa shape index (κ3) is 1.50. The van der Waals surface area contributed by atoms with Crippen molar-refractivity contribution in [1.82, 2.24) is 14.6 Å². The molecule has 0 atom stereocenters. The summed E-state index contributed by atoms with van der Waals surface area (Å²) in [5.74, 6) is -0.974. The maximum absolute atomic E-state index is 13.7. The van der Waals surface area contributed by atoms with Crippen LogP contribution >= 0.6 is 0 Å². The van der Waals surface area contributed by atoms with E-state index >= 15 is 0 Å². The Labute approximate surface area is 101 Å². The highest BCUT2D eigenvalue weighted by Crippen LogP contribution is 2.26. The Balaban J connectivity index is 2.36. The number of halogens is 2. The zero-order valence-corrected chi connectivity index (χ0v) is 9.14. The Bertz CT molecular complexity index is 736. The van der Waals surface area contributed by atoms with Crippen LogP contribution in [-0.4, -0.2) is 14.6 Å². The first-order valence-corrected chi connectivity index (χ1v) is 5.21. The van der Waals surface area contributed by atoms with Crippen molar-refractivity contribution in [2.75, 3.05) is 5.73 Å². The van der Waals surface area contributed by atoms with Crippen LogP contribution < -0.4 is 5.73 Å². The first-order valence-electron chi connectivity index (χ1n) is 5.21. The van der Waals surface area contributed by atoms with Gasteiger partial charge in [-0.15, -0.1) is 5.10 Å². The first-order chi connectivity index (χ1) is 8.66. The Morgan fingerprint density at radius 2 is 1.89 bits per heavy atom. The van der Waals surface area contributed by atoms with Crippen LogP contribution in [0.2, 0.25) is 0 Å². The summed E-state index contributed by atoms with van der Waals surface area (Å²) < 4.78 is 28.6. The van der Waals surface area contributed by atoms with Crippen LogP contribution in [0.5, 0.6) is 0 Å². The normalized spacial score (nSPS) is 11.0. The van der Waals surface area contributed by atoms with Crippen molar-refractivity contribution in [3.8, 4) is 11.3 Å². The van der Waals surface area contributed by atoms with Gasteiger partial charge in [-0.05, 0) is 12.1 Å². The van der Waals surface area contributed by atoms with E-state index in [0.717, 1.165) is 0 Å². The van der Waals surface area contributed by atoms with Gasteiger partial charge in [0.2, 0.25) is 5.95 Å². The minimum absolute atomic E-state index is 0.00399. The summed E-state index contributed by atoms with van der Waals surface area (Å²) in [6.07, 6.45) is 1.27. The lowest BCUT2D eigenvalue weighted by Gasteiger charge is -2.03. The van der Waals surface area contributed by atoms with E-state index in [1.807, 2.05) is 0 Å². The minimum atomic E-state index is -0.520. The zero-order chi connectivity index (χ0) is 12.7. The monoisotopic (exact) mass is 246 g/mol. The second kappa shape index (κ2) is 3.76. The van der Waals surface area contributed by atoms with Crippen molar-refractivity contribution >= 4 is 11.5 Å².